The lowest BCUT2D eigenvalue weighted by atomic mass is 10.1. The summed E-state index contributed by atoms with van der Waals surface area (Å²) < 4.78 is 5.43. The minimum Gasteiger partial charge on any atom is -0.356 e. The van der Waals surface area contributed by atoms with E-state index in [2.05, 4.69) is 12.2 Å². The summed E-state index contributed by atoms with van der Waals surface area (Å²) in [7, 11) is 0. The van der Waals surface area contributed by atoms with E-state index in [1.807, 2.05) is 0 Å². The summed E-state index contributed by atoms with van der Waals surface area (Å²) in [5.74, 6) is 0. The van der Waals surface area contributed by atoms with Crippen LogP contribution in [0.25, 0.3) is 0 Å². The number of rotatable bonds is 16. The van der Waals surface area contributed by atoms with E-state index in [0.717, 1.165) is 12.7 Å². The molecule has 4 nitrogen and oxygen atoms in total. The molecular weight excluding hydrogens is 252 g/mol. The molecule has 1 atom stereocenters. The van der Waals surface area contributed by atoms with E-state index in [9.17, 15) is 4.79 Å². The third-order valence-corrected chi connectivity index (χ3v) is 3.41. The molecule has 0 aromatic rings. The lowest BCUT2D eigenvalue weighted by Crippen LogP contribution is -2.36. The highest BCUT2D eigenvalue weighted by atomic mass is 16.5. The molecule has 0 aliphatic rings. The van der Waals surface area contributed by atoms with Crippen molar-refractivity contribution in [1.29, 1.82) is 0 Å². The summed E-state index contributed by atoms with van der Waals surface area (Å²) in [6, 6.07) is 0. The van der Waals surface area contributed by atoms with Crippen molar-refractivity contribution >= 4 is 6.29 Å². The number of carbonyl (C=O) groups is 1. The number of ether oxygens (including phenoxy) is 1. The van der Waals surface area contributed by atoms with E-state index in [1.54, 1.807) is 0 Å². The maximum atomic E-state index is 10.7. The van der Waals surface area contributed by atoms with E-state index in [4.69, 9.17) is 10.5 Å². The summed E-state index contributed by atoms with van der Waals surface area (Å²) in [6.07, 6.45) is 13.4. The summed E-state index contributed by atoms with van der Waals surface area (Å²) >= 11 is 0. The van der Waals surface area contributed by atoms with Gasteiger partial charge in [0.1, 0.15) is 0 Å². The molecule has 0 aromatic carbocycles. The number of hydrogen-bond donors (Lipinski definition) is 2. The smallest absolute Gasteiger partial charge is 0.164 e. The molecule has 120 valence electrons. The van der Waals surface area contributed by atoms with Gasteiger partial charge >= 0.3 is 0 Å². The van der Waals surface area contributed by atoms with Gasteiger partial charge < -0.3 is 10.5 Å². The molecule has 0 rings (SSSR count). The highest BCUT2D eigenvalue weighted by Crippen LogP contribution is 2.10. The van der Waals surface area contributed by atoms with Crippen LogP contribution in [0.3, 0.4) is 0 Å². The molecular formula is C16H34N2O2. The van der Waals surface area contributed by atoms with Crippen molar-refractivity contribution in [3.63, 3.8) is 0 Å². The number of nitrogens with two attached hydrogens (primary N) is 1. The lowest BCUT2D eigenvalue weighted by Gasteiger charge is -2.12. The zero-order valence-corrected chi connectivity index (χ0v) is 13.2. The van der Waals surface area contributed by atoms with Gasteiger partial charge in [-0.1, -0.05) is 64.7 Å². The third-order valence-electron chi connectivity index (χ3n) is 3.41. The van der Waals surface area contributed by atoms with Crippen LogP contribution in [-0.2, 0) is 9.53 Å². The Balaban J connectivity index is 3.17. The van der Waals surface area contributed by atoms with Crippen LogP contribution in [0, 0.1) is 0 Å². The van der Waals surface area contributed by atoms with Crippen LogP contribution in [0.2, 0.25) is 0 Å². The van der Waals surface area contributed by atoms with Crippen molar-refractivity contribution < 1.29 is 9.53 Å². The van der Waals surface area contributed by atoms with Gasteiger partial charge in [0.05, 0.1) is 0 Å². The molecule has 0 aromatic heterocycles. The summed E-state index contributed by atoms with van der Waals surface area (Å²) in [5, 5.41) is 2.94. The van der Waals surface area contributed by atoms with Gasteiger partial charge in [0.2, 0.25) is 0 Å². The number of unbranched alkanes of at least 4 members (excludes halogenated alkanes) is 9. The molecule has 3 N–H and O–H groups in total. The molecule has 0 aliphatic heterocycles. The van der Waals surface area contributed by atoms with Gasteiger partial charge in [0.15, 0.2) is 12.5 Å². The van der Waals surface area contributed by atoms with Gasteiger partial charge in [0.25, 0.3) is 0 Å². The first-order valence-corrected chi connectivity index (χ1v) is 8.35. The first-order valence-electron chi connectivity index (χ1n) is 8.35. The van der Waals surface area contributed by atoms with Crippen LogP contribution in [0.15, 0.2) is 0 Å². The van der Waals surface area contributed by atoms with E-state index in [1.165, 1.54) is 57.8 Å². The van der Waals surface area contributed by atoms with Gasteiger partial charge in [-0.3, -0.25) is 10.1 Å². The van der Waals surface area contributed by atoms with Crippen LogP contribution in [0.5, 0.6) is 0 Å². The van der Waals surface area contributed by atoms with Crippen LogP contribution in [0.4, 0.5) is 0 Å². The van der Waals surface area contributed by atoms with Gasteiger partial charge in [-0.25, -0.2) is 0 Å². The zero-order valence-electron chi connectivity index (χ0n) is 13.2. The molecule has 0 amide bonds. The van der Waals surface area contributed by atoms with Crippen LogP contribution in [-0.4, -0.2) is 32.2 Å². The Kier molecular flexibility index (Phi) is 16.2. The predicted molar refractivity (Wildman–Crippen MR) is 84.7 cm³/mol. The first kappa shape index (κ1) is 19.6. The molecule has 0 fully saturated rings. The fourth-order valence-corrected chi connectivity index (χ4v) is 2.17. The fourth-order valence-electron chi connectivity index (χ4n) is 2.17. The van der Waals surface area contributed by atoms with Crippen molar-refractivity contribution in [2.45, 2.75) is 77.4 Å². The molecule has 0 aliphatic carbocycles. The normalized spacial score (nSPS) is 12.5. The highest BCUT2D eigenvalue weighted by molar-refractivity contribution is 5.55. The molecule has 4 heteroatoms. The minimum absolute atomic E-state index is 0.489. The monoisotopic (exact) mass is 286 g/mol. The Hall–Kier alpha value is -0.450. The van der Waals surface area contributed by atoms with Crippen LogP contribution >= 0.6 is 0 Å². The topological polar surface area (TPSA) is 64.3 Å². The van der Waals surface area contributed by atoms with Gasteiger partial charge in [-0.15, -0.1) is 0 Å². The second kappa shape index (κ2) is 16.6. The van der Waals surface area contributed by atoms with E-state index >= 15 is 0 Å². The Labute approximate surface area is 124 Å². The van der Waals surface area contributed by atoms with Crippen molar-refractivity contribution in [3.05, 3.63) is 0 Å². The molecule has 0 heterocycles. The average Bonchev–Trinajstić information content (AvgIpc) is 2.48. The van der Waals surface area contributed by atoms with E-state index < -0.39 is 6.23 Å². The molecule has 0 radical (unpaired) electrons. The minimum atomic E-state index is -0.489. The summed E-state index contributed by atoms with van der Waals surface area (Å²) in [6.45, 7) is 4.04. The van der Waals surface area contributed by atoms with Gasteiger partial charge in [-0.05, 0) is 6.42 Å². The average molecular weight is 286 g/mol. The largest absolute Gasteiger partial charge is 0.356 e. The zero-order chi connectivity index (χ0) is 14.9. The number of nitrogens with one attached hydrogen (secondary N) is 1. The highest BCUT2D eigenvalue weighted by Gasteiger charge is 2.04. The van der Waals surface area contributed by atoms with Gasteiger partial charge in [-0.2, -0.15) is 0 Å². The second-order valence-corrected chi connectivity index (χ2v) is 5.35. The maximum Gasteiger partial charge on any atom is 0.164 e. The predicted octanol–water partition coefficient (Wildman–Crippen LogP) is 3.00. The molecule has 20 heavy (non-hydrogen) atoms. The standard InChI is InChI=1S/C16H34N2O2/c1-2-3-4-5-6-7-8-9-10-11-14-20-16(15-19)18-13-12-17/h15-16,18H,2-14,17H2,1H3. The Morgan fingerprint density at radius 3 is 2.05 bits per heavy atom. The third kappa shape index (κ3) is 14.0. The first-order chi connectivity index (χ1) is 9.85. The maximum absolute atomic E-state index is 10.7. The van der Waals surface area contributed by atoms with Gasteiger partial charge in [0, 0.05) is 19.7 Å². The van der Waals surface area contributed by atoms with Crippen molar-refractivity contribution in [3.8, 4) is 0 Å². The molecule has 0 saturated heterocycles. The van der Waals surface area contributed by atoms with E-state index in [-0.39, 0.29) is 0 Å². The Morgan fingerprint density at radius 2 is 1.55 bits per heavy atom. The molecule has 0 spiro atoms. The molecule has 0 bridgehead atoms. The molecule has 0 saturated carbocycles. The fraction of sp³-hybridized carbons (Fsp3) is 0.938. The van der Waals surface area contributed by atoms with E-state index in [0.29, 0.717) is 19.7 Å². The summed E-state index contributed by atoms with van der Waals surface area (Å²) in [5.41, 5.74) is 5.36. The van der Waals surface area contributed by atoms with Crippen molar-refractivity contribution in [2.24, 2.45) is 5.73 Å². The van der Waals surface area contributed by atoms with Crippen LogP contribution in [0.1, 0.15) is 71.1 Å². The SMILES string of the molecule is CCCCCCCCCCCCOC(C=O)NCCN. The number of hydrogen-bond acceptors (Lipinski definition) is 4. The number of aldehydes is 1. The Morgan fingerprint density at radius 1 is 1.00 bits per heavy atom. The molecule has 1 unspecified atom stereocenters. The van der Waals surface area contributed by atoms with Crippen molar-refractivity contribution in [2.75, 3.05) is 19.7 Å². The second-order valence-electron chi connectivity index (χ2n) is 5.35. The number of carbonyl (C=O) groups excluding carboxylic acids is 1. The lowest BCUT2D eigenvalue weighted by molar-refractivity contribution is -0.120. The summed E-state index contributed by atoms with van der Waals surface area (Å²) in [4.78, 5) is 10.7. The quantitative estimate of drug-likeness (QED) is 0.260. The Bertz CT molecular complexity index is 201. The van der Waals surface area contributed by atoms with Crippen molar-refractivity contribution in [1.82, 2.24) is 5.32 Å². The van der Waals surface area contributed by atoms with Crippen LogP contribution < -0.4 is 11.1 Å².